The number of aryl methyl sites for hydroxylation is 1. The van der Waals surface area contributed by atoms with Gasteiger partial charge < -0.3 is 15.1 Å². The van der Waals surface area contributed by atoms with Crippen LogP contribution in [0, 0.1) is 12.8 Å². The molecule has 2 N–H and O–H groups in total. The van der Waals surface area contributed by atoms with Crippen molar-refractivity contribution in [2.24, 2.45) is 5.92 Å². The minimum atomic E-state index is -0.304. The maximum absolute atomic E-state index is 12.3. The molecule has 1 aromatic rings. The first-order valence-corrected chi connectivity index (χ1v) is 6.72. The number of carbonyl (C=O) groups is 1. The van der Waals surface area contributed by atoms with Gasteiger partial charge in [-0.25, -0.2) is 0 Å². The highest BCUT2D eigenvalue weighted by Crippen LogP contribution is 2.27. The van der Waals surface area contributed by atoms with E-state index in [0.29, 0.717) is 12.1 Å². The third-order valence-electron chi connectivity index (χ3n) is 3.86. The SMILES string of the molecule is Cc1ccc(O)c(C(=O)N(C)CC2CCCC2O)c1. The molecule has 19 heavy (non-hydrogen) atoms. The lowest BCUT2D eigenvalue weighted by Crippen LogP contribution is -2.34. The number of amides is 1. The second kappa shape index (κ2) is 5.61. The molecule has 1 fully saturated rings. The summed E-state index contributed by atoms with van der Waals surface area (Å²) >= 11 is 0. The quantitative estimate of drug-likeness (QED) is 0.876. The summed E-state index contributed by atoms with van der Waals surface area (Å²) in [4.78, 5) is 13.9. The Morgan fingerprint density at radius 2 is 2.16 bits per heavy atom. The zero-order chi connectivity index (χ0) is 14.0. The number of aromatic hydroxyl groups is 1. The van der Waals surface area contributed by atoms with Gasteiger partial charge in [0.15, 0.2) is 0 Å². The molecule has 1 saturated carbocycles. The topological polar surface area (TPSA) is 60.8 Å². The Morgan fingerprint density at radius 1 is 1.42 bits per heavy atom. The lowest BCUT2D eigenvalue weighted by atomic mass is 10.0. The maximum atomic E-state index is 12.3. The van der Waals surface area contributed by atoms with Gasteiger partial charge in [0.2, 0.25) is 0 Å². The Hall–Kier alpha value is -1.55. The summed E-state index contributed by atoms with van der Waals surface area (Å²) < 4.78 is 0. The highest BCUT2D eigenvalue weighted by Gasteiger charge is 2.28. The second-order valence-corrected chi connectivity index (χ2v) is 5.46. The van der Waals surface area contributed by atoms with Crippen LogP contribution < -0.4 is 0 Å². The number of hydrogen-bond acceptors (Lipinski definition) is 3. The van der Waals surface area contributed by atoms with Crippen LogP contribution in [0.25, 0.3) is 0 Å². The smallest absolute Gasteiger partial charge is 0.257 e. The summed E-state index contributed by atoms with van der Waals surface area (Å²) in [6.45, 7) is 2.42. The predicted molar refractivity (Wildman–Crippen MR) is 73.2 cm³/mol. The number of phenolic OH excluding ortho intramolecular Hbond substituents is 1. The first-order valence-electron chi connectivity index (χ1n) is 6.72. The monoisotopic (exact) mass is 263 g/mol. The van der Waals surface area contributed by atoms with Crippen LogP contribution in [0.1, 0.15) is 35.2 Å². The standard InChI is InChI=1S/C15H21NO3/c1-10-6-7-14(18)12(8-10)15(19)16(2)9-11-4-3-5-13(11)17/h6-8,11,13,17-18H,3-5,9H2,1-2H3. The van der Waals surface area contributed by atoms with Gasteiger partial charge in [-0.3, -0.25) is 4.79 Å². The van der Waals surface area contributed by atoms with Crippen molar-refractivity contribution >= 4 is 5.91 Å². The van der Waals surface area contributed by atoms with E-state index in [9.17, 15) is 15.0 Å². The lowest BCUT2D eigenvalue weighted by molar-refractivity contribution is 0.0691. The Balaban J connectivity index is 2.08. The van der Waals surface area contributed by atoms with Gasteiger partial charge in [-0.15, -0.1) is 0 Å². The number of carbonyl (C=O) groups excluding carboxylic acids is 1. The molecule has 0 saturated heterocycles. The first-order chi connectivity index (χ1) is 8.99. The number of aliphatic hydroxyl groups is 1. The summed E-state index contributed by atoms with van der Waals surface area (Å²) in [6.07, 6.45) is 2.49. The molecule has 0 aromatic heterocycles. The van der Waals surface area contributed by atoms with Gasteiger partial charge in [0.25, 0.3) is 5.91 Å². The van der Waals surface area contributed by atoms with Gasteiger partial charge >= 0.3 is 0 Å². The van der Waals surface area contributed by atoms with Gasteiger partial charge in [0.05, 0.1) is 11.7 Å². The third-order valence-corrected chi connectivity index (χ3v) is 3.86. The van der Waals surface area contributed by atoms with Crippen LogP contribution >= 0.6 is 0 Å². The van der Waals surface area contributed by atoms with E-state index in [4.69, 9.17) is 0 Å². The van der Waals surface area contributed by atoms with Gasteiger partial charge in [0.1, 0.15) is 5.75 Å². The van der Waals surface area contributed by atoms with Crippen molar-refractivity contribution in [3.05, 3.63) is 29.3 Å². The van der Waals surface area contributed by atoms with Gasteiger partial charge in [-0.05, 0) is 31.9 Å². The summed E-state index contributed by atoms with van der Waals surface area (Å²) in [5, 5.41) is 19.6. The molecule has 1 aromatic carbocycles. The molecule has 1 amide bonds. The molecular weight excluding hydrogens is 242 g/mol. The average Bonchev–Trinajstić information content (AvgIpc) is 2.77. The van der Waals surface area contributed by atoms with E-state index in [1.807, 2.05) is 6.92 Å². The van der Waals surface area contributed by atoms with E-state index in [-0.39, 0.29) is 23.7 Å². The van der Waals surface area contributed by atoms with E-state index in [2.05, 4.69) is 0 Å². The molecule has 2 unspecified atom stereocenters. The molecule has 1 aliphatic rings. The van der Waals surface area contributed by atoms with E-state index < -0.39 is 0 Å². The van der Waals surface area contributed by atoms with Crippen molar-refractivity contribution < 1.29 is 15.0 Å². The van der Waals surface area contributed by atoms with Crippen LogP contribution in [0.15, 0.2) is 18.2 Å². The molecular formula is C15H21NO3. The molecule has 0 spiro atoms. The van der Waals surface area contributed by atoms with E-state index >= 15 is 0 Å². The molecule has 1 aliphatic carbocycles. The molecule has 0 radical (unpaired) electrons. The molecule has 104 valence electrons. The zero-order valence-electron chi connectivity index (χ0n) is 11.5. The maximum Gasteiger partial charge on any atom is 0.257 e. The Bertz CT molecular complexity index is 472. The van der Waals surface area contributed by atoms with Crippen LogP contribution in [-0.4, -0.2) is 40.7 Å². The van der Waals surface area contributed by atoms with Crippen LogP contribution in [0.3, 0.4) is 0 Å². The second-order valence-electron chi connectivity index (χ2n) is 5.46. The molecule has 4 nitrogen and oxygen atoms in total. The number of nitrogens with zero attached hydrogens (tertiary/aromatic N) is 1. The van der Waals surface area contributed by atoms with E-state index in [1.165, 1.54) is 0 Å². The summed E-state index contributed by atoms with van der Waals surface area (Å²) in [7, 11) is 1.72. The third kappa shape index (κ3) is 3.07. The fourth-order valence-corrected chi connectivity index (χ4v) is 2.69. The molecule has 4 heteroatoms. The molecule has 0 bridgehead atoms. The van der Waals surface area contributed by atoms with Crippen molar-refractivity contribution in [1.29, 1.82) is 0 Å². The van der Waals surface area contributed by atoms with E-state index in [1.54, 1.807) is 30.1 Å². The summed E-state index contributed by atoms with van der Waals surface area (Å²) in [5.74, 6) is -0.0318. The van der Waals surface area contributed by atoms with Gasteiger partial charge in [0, 0.05) is 19.5 Å². The minimum absolute atomic E-state index is 0.00872. The van der Waals surface area contributed by atoms with Gasteiger partial charge in [-0.2, -0.15) is 0 Å². The van der Waals surface area contributed by atoms with Crippen LogP contribution in [0.2, 0.25) is 0 Å². The lowest BCUT2D eigenvalue weighted by Gasteiger charge is -2.23. The summed E-state index contributed by atoms with van der Waals surface area (Å²) in [6, 6.07) is 5.01. The molecule has 2 atom stereocenters. The van der Waals surface area contributed by atoms with Crippen molar-refractivity contribution in [3.63, 3.8) is 0 Å². The average molecular weight is 263 g/mol. The van der Waals surface area contributed by atoms with Crippen LogP contribution in [-0.2, 0) is 0 Å². The molecule has 2 rings (SSSR count). The number of phenols is 1. The first kappa shape index (κ1) is 13.9. The largest absolute Gasteiger partial charge is 0.507 e. The number of aliphatic hydroxyl groups excluding tert-OH is 1. The van der Waals surface area contributed by atoms with Crippen molar-refractivity contribution in [3.8, 4) is 5.75 Å². The predicted octanol–water partition coefficient (Wildman–Crippen LogP) is 1.93. The summed E-state index contributed by atoms with van der Waals surface area (Å²) in [5.41, 5.74) is 1.27. The Kier molecular flexibility index (Phi) is 4.10. The Morgan fingerprint density at radius 3 is 2.79 bits per heavy atom. The van der Waals surface area contributed by atoms with Crippen molar-refractivity contribution in [1.82, 2.24) is 4.90 Å². The highest BCUT2D eigenvalue weighted by molar-refractivity contribution is 5.96. The van der Waals surface area contributed by atoms with Crippen molar-refractivity contribution in [2.75, 3.05) is 13.6 Å². The number of hydrogen-bond donors (Lipinski definition) is 2. The van der Waals surface area contributed by atoms with Gasteiger partial charge in [-0.1, -0.05) is 18.1 Å². The molecule has 0 heterocycles. The number of benzene rings is 1. The van der Waals surface area contributed by atoms with Crippen LogP contribution in [0.5, 0.6) is 5.75 Å². The van der Waals surface area contributed by atoms with Crippen molar-refractivity contribution in [2.45, 2.75) is 32.3 Å². The van der Waals surface area contributed by atoms with E-state index in [0.717, 1.165) is 24.8 Å². The van der Waals surface area contributed by atoms with Crippen LogP contribution in [0.4, 0.5) is 0 Å². The zero-order valence-corrected chi connectivity index (χ0v) is 11.5. The fourth-order valence-electron chi connectivity index (χ4n) is 2.69. The Labute approximate surface area is 113 Å². The normalized spacial score (nSPS) is 22.5. The minimum Gasteiger partial charge on any atom is -0.507 e. The molecule has 0 aliphatic heterocycles. The number of rotatable bonds is 3. The highest BCUT2D eigenvalue weighted by atomic mass is 16.3. The fraction of sp³-hybridized carbons (Fsp3) is 0.533.